The summed E-state index contributed by atoms with van der Waals surface area (Å²) in [5.41, 5.74) is 4.84. The number of hydrogen-bond acceptors (Lipinski definition) is 6. The van der Waals surface area contributed by atoms with Crippen LogP contribution in [-0.2, 0) is 13.1 Å². The lowest BCUT2D eigenvalue weighted by atomic mass is 10.1. The van der Waals surface area contributed by atoms with Crippen LogP contribution in [0.4, 0.5) is 0 Å². The molecule has 1 amide bonds. The fraction of sp³-hybridized carbons (Fsp3) is 0.333. The van der Waals surface area contributed by atoms with Crippen LogP contribution in [0, 0.1) is 13.8 Å². The zero-order valence-electron chi connectivity index (χ0n) is 21.3. The molecule has 0 unspecified atom stereocenters. The van der Waals surface area contributed by atoms with Crippen molar-refractivity contribution in [3.63, 3.8) is 0 Å². The first-order chi connectivity index (χ1) is 17.3. The van der Waals surface area contributed by atoms with Gasteiger partial charge in [0.25, 0.3) is 5.91 Å². The monoisotopic (exact) mass is 506 g/mol. The van der Waals surface area contributed by atoms with Crippen LogP contribution in [0.25, 0.3) is 22.3 Å². The third-order valence-corrected chi connectivity index (χ3v) is 6.41. The van der Waals surface area contributed by atoms with Crippen molar-refractivity contribution in [1.29, 1.82) is 0 Å². The minimum absolute atomic E-state index is 0.184. The molecule has 2 aromatic heterocycles. The van der Waals surface area contributed by atoms with Gasteiger partial charge in [0.15, 0.2) is 5.82 Å². The van der Waals surface area contributed by atoms with Crippen LogP contribution < -0.4 is 10.1 Å². The molecule has 8 nitrogen and oxygen atoms in total. The number of ether oxygens (including phenoxy) is 1. The molecule has 0 atom stereocenters. The van der Waals surface area contributed by atoms with Crippen LogP contribution in [0.3, 0.4) is 0 Å². The molecule has 0 fully saturated rings. The van der Waals surface area contributed by atoms with Crippen LogP contribution in [0.15, 0.2) is 42.6 Å². The van der Waals surface area contributed by atoms with Crippen molar-refractivity contribution < 1.29 is 9.53 Å². The normalized spacial score (nSPS) is 11.2. The average molecular weight is 507 g/mol. The van der Waals surface area contributed by atoms with Gasteiger partial charge in [-0.05, 0) is 58.2 Å². The van der Waals surface area contributed by atoms with E-state index in [-0.39, 0.29) is 5.91 Å². The lowest BCUT2D eigenvalue weighted by Crippen LogP contribution is -2.28. The van der Waals surface area contributed by atoms with Crippen molar-refractivity contribution >= 4 is 28.4 Å². The molecule has 4 aromatic rings. The maximum absolute atomic E-state index is 13.7. The summed E-state index contributed by atoms with van der Waals surface area (Å²) in [6, 6.07) is 11.3. The molecule has 1 N–H and O–H groups in total. The second-order valence-electron chi connectivity index (χ2n) is 8.75. The number of aryl methyl sites for hydroxylation is 2. The van der Waals surface area contributed by atoms with Gasteiger partial charge in [0, 0.05) is 48.9 Å². The fourth-order valence-corrected chi connectivity index (χ4v) is 4.26. The van der Waals surface area contributed by atoms with Gasteiger partial charge < -0.3 is 15.0 Å². The Morgan fingerprint density at radius 2 is 1.97 bits per heavy atom. The van der Waals surface area contributed by atoms with Crippen LogP contribution >= 0.6 is 11.6 Å². The van der Waals surface area contributed by atoms with Gasteiger partial charge in [0.1, 0.15) is 18.1 Å². The molecule has 0 aliphatic carbocycles. The summed E-state index contributed by atoms with van der Waals surface area (Å²) in [6.45, 7) is 8.48. The zero-order valence-corrected chi connectivity index (χ0v) is 22.1. The molecule has 0 aliphatic rings. The van der Waals surface area contributed by atoms with Gasteiger partial charge in [0.05, 0.1) is 16.7 Å². The van der Waals surface area contributed by atoms with E-state index < -0.39 is 0 Å². The first-order valence-electron chi connectivity index (χ1n) is 11.9. The van der Waals surface area contributed by atoms with E-state index in [1.165, 1.54) is 0 Å². The van der Waals surface area contributed by atoms with E-state index in [0.717, 1.165) is 28.8 Å². The summed E-state index contributed by atoms with van der Waals surface area (Å²) >= 11 is 6.48. The lowest BCUT2D eigenvalue weighted by molar-refractivity contribution is 0.0781. The van der Waals surface area contributed by atoms with E-state index in [9.17, 15) is 4.79 Å². The van der Waals surface area contributed by atoms with Gasteiger partial charge in [-0.2, -0.15) is 5.10 Å². The third kappa shape index (κ3) is 5.34. The second-order valence-corrected chi connectivity index (χ2v) is 9.15. The van der Waals surface area contributed by atoms with E-state index in [2.05, 4.69) is 10.4 Å². The van der Waals surface area contributed by atoms with Gasteiger partial charge >= 0.3 is 0 Å². The number of nitrogens with zero attached hydrogens (tertiary/aromatic N) is 5. The molecule has 0 aliphatic heterocycles. The predicted molar refractivity (Wildman–Crippen MR) is 143 cm³/mol. The Hall–Kier alpha value is -3.49. The highest BCUT2D eigenvalue weighted by atomic mass is 35.5. The maximum Gasteiger partial charge on any atom is 0.273 e. The van der Waals surface area contributed by atoms with E-state index in [1.807, 2.05) is 63.0 Å². The summed E-state index contributed by atoms with van der Waals surface area (Å²) in [4.78, 5) is 24.8. The van der Waals surface area contributed by atoms with Crippen molar-refractivity contribution in [2.75, 3.05) is 27.2 Å². The smallest absolute Gasteiger partial charge is 0.273 e. The number of fused-ring (bicyclic) bond motifs is 1. The number of hydrogen-bond donors (Lipinski definition) is 1. The van der Waals surface area contributed by atoms with Crippen molar-refractivity contribution in [1.82, 2.24) is 30.0 Å². The molecule has 0 bridgehead atoms. The Morgan fingerprint density at radius 3 is 2.67 bits per heavy atom. The van der Waals surface area contributed by atoms with Gasteiger partial charge in [-0.1, -0.05) is 23.2 Å². The summed E-state index contributed by atoms with van der Waals surface area (Å²) in [6.07, 6.45) is 1.82. The van der Waals surface area contributed by atoms with Crippen molar-refractivity contribution in [2.24, 2.45) is 0 Å². The van der Waals surface area contributed by atoms with E-state index in [4.69, 9.17) is 26.3 Å². The first kappa shape index (κ1) is 25.6. The van der Waals surface area contributed by atoms with Crippen molar-refractivity contribution in [3.8, 4) is 17.1 Å². The number of aromatic nitrogens is 4. The number of likely N-dealkylation sites (N-methyl/N-ethyl adjacent to an activating group) is 1. The van der Waals surface area contributed by atoms with Gasteiger partial charge in [-0.25, -0.2) is 9.97 Å². The minimum Gasteiger partial charge on any atom is -0.491 e. The Balaban J connectivity index is 1.71. The van der Waals surface area contributed by atoms with Crippen LogP contribution in [0.2, 0.25) is 5.02 Å². The average Bonchev–Trinajstić information content (AvgIpc) is 3.22. The molecule has 9 heteroatoms. The number of carbonyl (C=O) groups excluding carboxylic acids is 1. The summed E-state index contributed by atoms with van der Waals surface area (Å²) in [5, 5.41) is 8.62. The Morgan fingerprint density at radius 1 is 1.17 bits per heavy atom. The largest absolute Gasteiger partial charge is 0.491 e. The predicted octanol–water partition coefficient (Wildman–Crippen LogP) is 4.65. The standard InChI is InChI=1S/C27H31ClN6O2/c1-6-34-18(3)20(15-30-34)16-33(5)27(35)25-21-13-17(2)7-9-23(21)31-26(32-25)19-8-10-24(22(28)14-19)36-12-11-29-4/h7-10,13-15,29H,6,11-12,16H2,1-5H3. The maximum atomic E-state index is 13.7. The quantitative estimate of drug-likeness (QED) is 0.332. The van der Waals surface area contributed by atoms with E-state index >= 15 is 0 Å². The van der Waals surface area contributed by atoms with E-state index in [0.29, 0.717) is 53.1 Å². The van der Waals surface area contributed by atoms with Crippen molar-refractivity contribution in [3.05, 3.63) is 70.1 Å². The Kier molecular flexibility index (Phi) is 7.86. The molecule has 188 valence electrons. The fourth-order valence-electron chi connectivity index (χ4n) is 4.02. The van der Waals surface area contributed by atoms with Crippen molar-refractivity contribution in [2.45, 2.75) is 33.9 Å². The SMILES string of the molecule is CCn1ncc(CN(C)C(=O)c2nc(-c3ccc(OCCNC)c(Cl)c3)nc3ccc(C)cc23)c1C. The minimum atomic E-state index is -0.184. The van der Waals surface area contributed by atoms with Crippen LogP contribution in [-0.4, -0.2) is 57.8 Å². The number of amides is 1. The van der Waals surface area contributed by atoms with Crippen LogP contribution in [0.5, 0.6) is 5.75 Å². The lowest BCUT2D eigenvalue weighted by Gasteiger charge is -2.18. The van der Waals surface area contributed by atoms with Gasteiger partial charge in [-0.15, -0.1) is 0 Å². The summed E-state index contributed by atoms with van der Waals surface area (Å²) in [5.74, 6) is 0.837. The summed E-state index contributed by atoms with van der Waals surface area (Å²) in [7, 11) is 3.64. The second kappa shape index (κ2) is 11.1. The molecule has 0 spiro atoms. The molecule has 4 rings (SSSR count). The van der Waals surface area contributed by atoms with Crippen LogP contribution in [0.1, 0.15) is 34.2 Å². The van der Waals surface area contributed by atoms with Gasteiger partial charge in [-0.3, -0.25) is 9.48 Å². The molecule has 0 radical (unpaired) electrons. The first-order valence-corrected chi connectivity index (χ1v) is 12.3. The molecule has 2 heterocycles. The van der Waals surface area contributed by atoms with E-state index in [1.54, 1.807) is 24.1 Å². The summed E-state index contributed by atoms with van der Waals surface area (Å²) < 4.78 is 7.64. The molecule has 0 saturated carbocycles. The Labute approximate surface area is 216 Å². The molecular formula is C27H31ClN6O2. The number of nitrogens with one attached hydrogen (secondary N) is 1. The third-order valence-electron chi connectivity index (χ3n) is 6.11. The topological polar surface area (TPSA) is 85.2 Å². The number of carbonyl (C=O) groups is 1. The van der Waals surface area contributed by atoms with Gasteiger partial charge in [0.2, 0.25) is 0 Å². The molecular weight excluding hydrogens is 476 g/mol. The zero-order chi connectivity index (χ0) is 25.8. The molecule has 0 saturated heterocycles. The highest BCUT2D eigenvalue weighted by Gasteiger charge is 2.21. The number of benzene rings is 2. The Bertz CT molecular complexity index is 1400. The number of halogens is 1. The molecule has 2 aromatic carbocycles. The highest BCUT2D eigenvalue weighted by molar-refractivity contribution is 6.32. The molecule has 36 heavy (non-hydrogen) atoms. The number of rotatable bonds is 9. The highest BCUT2D eigenvalue weighted by Crippen LogP contribution is 2.31.